The summed E-state index contributed by atoms with van der Waals surface area (Å²) in [5.41, 5.74) is 4.93. The van der Waals surface area contributed by atoms with Crippen LogP contribution in [0.15, 0.2) is 42.9 Å². The van der Waals surface area contributed by atoms with Gasteiger partial charge in [-0.25, -0.2) is 14.5 Å². The summed E-state index contributed by atoms with van der Waals surface area (Å²) >= 11 is 0. The number of carbonyl (C=O) groups is 1. The Hall–Kier alpha value is -3.55. The third-order valence-electron chi connectivity index (χ3n) is 8.48. The average molecular weight is 455 g/mol. The molecule has 0 radical (unpaired) electrons. The van der Waals surface area contributed by atoms with E-state index in [1.165, 1.54) is 12.8 Å². The van der Waals surface area contributed by atoms with Crippen molar-refractivity contribution in [2.24, 2.45) is 5.41 Å². The molecule has 0 aromatic carbocycles. The second-order valence-corrected chi connectivity index (χ2v) is 10.4. The zero-order valence-corrected chi connectivity index (χ0v) is 18.9. The van der Waals surface area contributed by atoms with Gasteiger partial charge in [0.05, 0.1) is 16.8 Å². The monoisotopic (exact) mass is 454 g/mol. The number of aromatic nitrogens is 6. The van der Waals surface area contributed by atoms with Crippen molar-refractivity contribution in [3.8, 4) is 22.6 Å². The number of carboxylic acids is 1. The van der Waals surface area contributed by atoms with Gasteiger partial charge in [0.15, 0.2) is 5.65 Å². The molecular weight excluding hydrogens is 428 g/mol. The van der Waals surface area contributed by atoms with Gasteiger partial charge in [-0.05, 0) is 75.6 Å². The molecular formula is C26H26N6O2. The molecule has 172 valence electrons. The summed E-state index contributed by atoms with van der Waals surface area (Å²) < 4.78 is 1.77. The molecule has 4 heterocycles. The Balaban J connectivity index is 1.35. The van der Waals surface area contributed by atoms with E-state index in [1.807, 2.05) is 24.4 Å². The fraction of sp³-hybridized carbons (Fsp3) is 0.423. The number of imidazole rings is 1. The third kappa shape index (κ3) is 2.94. The molecule has 8 nitrogen and oxygen atoms in total. The zero-order valence-electron chi connectivity index (χ0n) is 18.9. The highest BCUT2D eigenvalue weighted by atomic mass is 16.4. The van der Waals surface area contributed by atoms with Gasteiger partial charge in [0.25, 0.3) is 0 Å². The molecule has 0 spiro atoms. The van der Waals surface area contributed by atoms with Gasteiger partial charge in [-0.15, -0.1) is 0 Å². The van der Waals surface area contributed by atoms with Crippen molar-refractivity contribution in [3.63, 3.8) is 0 Å². The highest BCUT2D eigenvalue weighted by Gasteiger charge is 2.54. The van der Waals surface area contributed by atoms with Crippen molar-refractivity contribution in [2.75, 3.05) is 0 Å². The van der Waals surface area contributed by atoms with E-state index >= 15 is 0 Å². The van der Waals surface area contributed by atoms with Crippen molar-refractivity contribution in [1.29, 1.82) is 0 Å². The van der Waals surface area contributed by atoms with E-state index < -0.39 is 11.4 Å². The topological polar surface area (TPSA) is 109 Å². The van der Waals surface area contributed by atoms with Gasteiger partial charge in [0.2, 0.25) is 0 Å². The maximum Gasteiger partial charge on any atom is 0.309 e. The Bertz CT molecular complexity index is 1410. The summed E-state index contributed by atoms with van der Waals surface area (Å²) in [4.78, 5) is 30.1. The van der Waals surface area contributed by atoms with E-state index in [0.29, 0.717) is 25.2 Å². The maximum absolute atomic E-state index is 11.9. The Kier molecular flexibility index (Phi) is 4.08. The van der Waals surface area contributed by atoms with Crippen LogP contribution < -0.4 is 0 Å². The molecule has 2 bridgehead atoms. The van der Waals surface area contributed by atoms with Crippen LogP contribution in [0.2, 0.25) is 0 Å². The second kappa shape index (κ2) is 6.98. The lowest BCUT2D eigenvalue weighted by molar-refractivity contribution is -0.156. The molecule has 0 atom stereocenters. The maximum atomic E-state index is 11.9. The van der Waals surface area contributed by atoms with E-state index in [0.717, 1.165) is 59.1 Å². The van der Waals surface area contributed by atoms with Gasteiger partial charge in [0.1, 0.15) is 17.8 Å². The van der Waals surface area contributed by atoms with Crippen LogP contribution in [0.5, 0.6) is 0 Å². The molecule has 0 unspecified atom stereocenters. The predicted molar refractivity (Wildman–Crippen MR) is 125 cm³/mol. The van der Waals surface area contributed by atoms with Crippen LogP contribution >= 0.6 is 0 Å². The van der Waals surface area contributed by atoms with Gasteiger partial charge in [0, 0.05) is 28.8 Å². The van der Waals surface area contributed by atoms with E-state index in [-0.39, 0.29) is 5.41 Å². The van der Waals surface area contributed by atoms with Crippen LogP contribution in [-0.4, -0.2) is 40.6 Å². The first-order valence-electron chi connectivity index (χ1n) is 12.2. The lowest BCUT2D eigenvalue weighted by Gasteiger charge is -2.50. The summed E-state index contributed by atoms with van der Waals surface area (Å²) in [6.07, 6.45) is 10.6. The zero-order chi connectivity index (χ0) is 22.9. The van der Waals surface area contributed by atoms with E-state index in [2.05, 4.69) is 27.2 Å². The number of rotatable bonds is 5. The number of fused-ring (bicyclic) bond motifs is 4. The van der Waals surface area contributed by atoms with Crippen molar-refractivity contribution in [1.82, 2.24) is 29.5 Å². The molecule has 8 rings (SSSR count). The van der Waals surface area contributed by atoms with Crippen molar-refractivity contribution < 1.29 is 9.90 Å². The molecule has 4 aromatic heterocycles. The Labute approximate surface area is 196 Å². The van der Waals surface area contributed by atoms with Crippen LogP contribution in [0.3, 0.4) is 0 Å². The minimum Gasteiger partial charge on any atom is -0.481 e. The standard InChI is InChI=1S/C26H26N6O2/c33-24(34)26-11-8-25(9-12-26,10-13-26)23-30-21(17-6-7-20-27-15-28-32(20)14-17)22(31-23)19-3-1-2-18(29-19)16-4-5-16/h1-3,6-7,14-16H,4-5,8-13H2,(H,30,31)(H,33,34). The van der Waals surface area contributed by atoms with Gasteiger partial charge < -0.3 is 10.1 Å². The minimum absolute atomic E-state index is 0.102. The fourth-order valence-electron chi connectivity index (χ4n) is 6.03. The Morgan fingerprint density at radius 1 is 1.03 bits per heavy atom. The smallest absolute Gasteiger partial charge is 0.309 e. The van der Waals surface area contributed by atoms with E-state index in [1.54, 1.807) is 10.8 Å². The van der Waals surface area contributed by atoms with Gasteiger partial charge in [-0.3, -0.25) is 9.78 Å². The SMILES string of the molecule is O=C(O)C12CCC(c3nc(-c4cccc(C5CC5)n4)c(-c4ccc5ncnn5c4)[nH]3)(CC1)CC2. The number of pyridine rings is 2. The molecule has 2 N–H and O–H groups in total. The van der Waals surface area contributed by atoms with Crippen molar-refractivity contribution in [3.05, 3.63) is 54.4 Å². The number of aliphatic carboxylic acids is 1. The summed E-state index contributed by atoms with van der Waals surface area (Å²) in [6, 6.07) is 10.2. The number of nitrogens with zero attached hydrogens (tertiary/aromatic N) is 5. The van der Waals surface area contributed by atoms with Gasteiger partial charge in [-0.1, -0.05) is 6.07 Å². The quantitative estimate of drug-likeness (QED) is 0.451. The van der Waals surface area contributed by atoms with Crippen LogP contribution in [0.1, 0.15) is 68.8 Å². The molecule has 4 aliphatic rings. The van der Waals surface area contributed by atoms with E-state index in [9.17, 15) is 9.90 Å². The van der Waals surface area contributed by atoms with Crippen molar-refractivity contribution >= 4 is 11.6 Å². The minimum atomic E-state index is -0.635. The Morgan fingerprint density at radius 3 is 2.56 bits per heavy atom. The first-order chi connectivity index (χ1) is 16.6. The van der Waals surface area contributed by atoms with Gasteiger partial charge >= 0.3 is 5.97 Å². The summed E-state index contributed by atoms with van der Waals surface area (Å²) in [5.74, 6) is 0.894. The Morgan fingerprint density at radius 2 is 1.82 bits per heavy atom. The summed E-state index contributed by atoms with van der Waals surface area (Å²) in [7, 11) is 0. The first-order valence-corrected chi connectivity index (χ1v) is 12.2. The number of nitrogens with one attached hydrogen (secondary N) is 1. The molecule has 4 saturated carbocycles. The molecule has 0 amide bonds. The number of H-pyrrole nitrogens is 1. The largest absolute Gasteiger partial charge is 0.481 e. The predicted octanol–water partition coefficient (Wildman–Crippen LogP) is 4.74. The molecule has 4 fully saturated rings. The third-order valence-corrected chi connectivity index (χ3v) is 8.48. The van der Waals surface area contributed by atoms with Crippen LogP contribution in [-0.2, 0) is 10.2 Å². The second-order valence-electron chi connectivity index (χ2n) is 10.4. The van der Waals surface area contributed by atoms with Crippen LogP contribution in [0.25, 0.3) is 28.3 Å². The summed E-state index contributed by atoms with van der Waals surface area (Å²) in [6.45, 7) is 0. The molecule has 0 saturated heterocycles. The highest BCUT2D eigenvalue weighted by molar-refractivity contribution is 5.78. The normalized spacial score (nSPS) is 26.2. The first kappa shape index (κ1) is 19.9. The highest BCUT2D eigenvalue weighted by Crippen LogP contribution is 2.57. The molecule has 4 aliphatic carbocycles. The number of carboxylic acid groups (broad SMARTS) is 1. The van der Waals surface area contributed by atoms with Crippen LogP contribution in [0, 0.1) is 5.41 Å². The van der Waals surface area contributed by atoms with Crippen molar-refractivity contribution in [2.45, 2.75) is 62.7 Å². The number of hydrogen-bond donors (Lipinski definition) is 2. The summed E-state index contributed by atoms with van der Waals surface area (Å²) in [5, 5.41) is 14.1. The fourth-order valence-corrected chi connectivity index (χ4v) is 6.03. The molecule has 8 heteroatoms. The van der Waals surface area contributed by atoms with Gasteiger partial charge in [-0.2, -0.15) is 5.10 Å². The number of hydrogen-bond acceptors (Lipinski definition) is 5. The lowest BCUT2D eigenvalue weighted by Crippen LogP contribution is -2.48. The van der Waals surface area contributed by atoms with E-state index in [4.69, 9.17) is 9.97 Å². The lowest BCUT2D eigenvalue weighted by atomic mass is 9.53. The average Bonchev–Trinajstić information content (AvgIpc) is 3.45. The molecule has 34 heavy (non-hydrogen) atoms. The molecule has 4 aromatic rings. The van der Waals surface area contributed by atoms with Crippen LogP contribution in [0.4, 0.5) is 0 Å². The number of aromatic amines is 1. The molecule has 0 aliphatic heterocycles.